The molecule has 0 saturated carbocycles. The summed E-state index contributed by atoms with van der Waals surface area (Å²) in [6.07, 6.45) is 3.27. The lowest BCUT2D eigenvalue weighted by atomic mass is 10.5. The minimum absolute atomic E-state index is 0.0639. The van der Waals surface area contributed by atoms with E-state index in [1.807, 2.05) is 11.9 Å². The molecular weight excluding hydrogens is 234 g/mol. The summed E-state index contributed by atoms with van der Waals surface area (Å²) < 4.78 is 1.52. The van der Waals surface area contributed by atoms with Crippen molar-refractivity contribution in [2.24, 2.45) is 7.05 Å². The highest BCUT2D eigenvalue weighted by Crippen LogP contribution is 1.99. The zero-order valence-corrected chi connectivity index (χ0v) is 9.28. The maximum atomic E-state index is 11.5. The van der Waals surface area contributed by atoms with E-state index < -0.39 is 0 Å². The second-order valence-corrected chi connectivity index (χ2v) is 3.57. The maximum absolute atomic E-state index is 11.5. The molecule has 0 bridgehead atoms. The summed E-state index contributed by atoms with van der Waals surface area (Å²) >= 11 is 3.31. The van der Waals surface area contributed by atoms with Crippen molar-refractivity contribution in [3.05, 3.63) is 22.7 Å². The van der Waals surface area contributed by atoms with Crippen molar-refractivity contribution < 1.29 is 0 Å². The molecule has 1 heterocycles. The molecule has 0 amide bonds. The third-order valence-corrected chi connectivity index (χ3v) is 2.13. The van der Waals surface area contributed by atoms with Crippen molar-refractivity contribution in [3.63, 3.8) is 0 Å². The molecule has 1 aromatic rings. The fraction of sp³-hybridized carbons (Fsp3) is 0.500. The molecule has 0 N–H and O–H groups in total. The van der Waals surface area contributed by atoms with Crippen molar-refractivity contribution in [3.8, 4) is 0 Å². The van der Waals surface area contributed by atoms with E-state index in [2.05, 4.69) is 20.9 Å². The lowest BCUT2D eigenvalue weighted by molar-refractivity contribution is 0.814. The van der Waals surface area contributed by atoms with Gasteiger partial charge in [0.2, 0.25) is 0 Å². The van der Waals surface area contributed by atoms with Crippen molar-refractivity contribution in [1.29, 1.82) is 0 Å². The Balaban J connectivity index is 3.01. The van der Waals surface area contributed by atoms with E-state index in [1.165, 1.54) is 4.57 Å². The van der Waals surface area contributed by atoms with Crippen LogP contribution >= 0.6 is 15.9 Å². The average molecular weight is 246 g/mol. The van der Waals surface area contributed by atoms with Crippen molar-refractivity contribution >= 4 is 21.7 Å². The molecule has 0 aromatic carbocycles. The van der Waals surface area contributed by atoms with Gasteiger partial charge in [0.05, 0.1) is 0 Å². The minimum atomic E-state index is -0.0639. The molecule has 0 spiro atoms. The number of halogens is 1. The van der Waals surface area contributed by atoms with Gasteiger partial charge < -0.3 is 9.47 Å². The molecule has 0 aliphatic carbocycles. The van der Waals surface area contributed by atoms with Gasteiger partial charge in [-0.05, 0) is 0 Å². The number of aryl methyl sites for hydroxylation is 1. The lowest BCUT2D eigenvalue weighted by Crippen LogP contribution is -2.30. The topological polar surface area (TPSA) is 38.1 Å². The molecule has 0 unspecified atom stereocenters. The van der Waals surface area contributed by atoms with E-state index in [4.69, 9.17) is 0 Å². The third-order valence-electron chi connectivity index (χ3n) is 1.78. The zero-order chi connectivity index (χ0) is 9.84. The highest BCUT2D eigenvalue weighted by molar-refractivity contribution is 9.09. The van der Waals surface area contributed by atoms with Gasteiger partial charge >= 0.3 is 0 Å². The summed E-state index contributed by atoms with van der Waals surface area (Å²) in [6.45, 7) is 0.770. The lowest BCUT2D eigenvalue weighted by Gasteiger charge is -2.15. The molecule has 0 aliphatic rings. The van der Waals surface area contributed by atoms with Crippen molar-refractivity contribution in [2.45, 2.75) is 0 Å². The standard InChI is InChI=1S/C8H12BrN3O/c1-11(5-3-9)7-8(13)12(2)6-4-10-7/h4,6H,3,5H2,1-2H3. The van der Waals surface area contributed by atoms with Crippen LogP contribution in [-0.4, -0.2) is 28.5 Å². The number of anilines is 1. The summed E-state index contributed by atoms with van der Waals surface area (Å²) in [5, 5.41) is 0.823. The molecule has 0 radical (unpaired) electrons. The normalized spacial score (nSPS) is 10.1. The Morgan fingerprint density at radius 2 is 2.38 bits per heavy atom. The Labute approximate surface area is 85.3 Å². The predicted molar refractivity (Wildman–Crippen MR) is 56.5 cm³/mol. The van der Waals surface area contributed by atoms with Gasteiger partial charge in [0.1, 0.15) is 0 Å². The molecule has 0 atom stereocenters. The molecule has 1 aromatic heterocycles. The second kappa shape index (κ2) is 4.41. The largest absolute Gasteiger partial charge is 0.354 e. The molecule has 0 fully saturated rings. The Hall–Kier alpha value is -0.840. The zero-order valence-electron chi connectivity index (χ0n) is 7.70. The fourth-order valence-electron chi connectivity index (χ4n) is 0.979. The van der Waals surface area contributed by atoms with Crippen LogP contribution in [0.1, 0.15) is 0 Å². The van der Waals surface area contributed by atoms with E-state index in [1.54, 1.807) is 19.4 Å². The fourth-order valence-corrected chi connectivity index (χ4v) is 1.51. The van der Waals surface area contributed by atoms with Gasteiger partial charge in [0.15, 0.2) is 5.82 Å². The van der Waals surface area contributed by atoms with Crippen LogP contribution in [0.5, 0.6) is 0 Å². The van der Waals surface area contributed by atoms with E-state index in [0.29, 0.717) is 5.82 Å². The van der Waals surface area contributed by atoms with Crippen molar-refractivity contribution in [1.82, 2.24) is 9.55 Å². The second-order valence-electron chi connectivity index (χ2n) is 2.78. The van der Waals surface area contributed by atoms with E-state index in [9.17, 15) is 4.79 Å². The van der Waals surface area contributed by atoms with Gasteiger partial charge in [-0.3, -0.25) is 4.79 Å². The number of hydrogen-bond donors (Lipinski definition) is 0. The first kappa shape index (κ1) is 10.2. The summed E-state index contributed by atoms with van der Waals surface area (Å²) in [7, 11) is 3.57. The molecule has 13 heavy (non-hydrogen) atoms. The summed E-state index contributed by atoms with van der Waals surface area (Å²) in [4.78, 5) is 17.4. The van der Waals surface area contributed by atoms with Gasteiger partial charge in [0, 0.05) is 38.4 Å². The first-order valence-electron chi connectivity index (χ1n) is 3.95. The molecule has 4 nitrogen and oxygen atoms in total. The van der Waals surface area contributed by atoms with Crippen LogP contribution in [-0.2, 0) is 7.05 Å². The van der Waals surface area contributed by atoms with Gasteiger partial charge in [-0.25, -0.2) is 4.98 Å². The molecule has 0 saturated heterocycles. The Kier molecular flexibility index (Phi) is 3.48. The molecule has 0 aliphatic heterocycles. The Morgan fingerprint density at radius 3 is 3.00 bits per heavy atom. The number of aromatic nitrogens is 2. The number of alkyl halides is 1. The summed E-state index contributed by atoms with van der Waals surface area (Å²) in [5.41, 5.74) is -0.0639. The van der Waals surface area contributed by atoms with Crippen LogP contribution in [0.3, 0.4) is 0 Å². The van der Waals surface area contributed by atoms with E-state index >= 15 is 0 Å². The molecular formula is C8H12BrN3O. The van der Waals surface area contributed by atoms with Gasteiger partial charge in [-0.1, -0.05) is 15.9 Å². The van der Waals surface area contributed by atoms with Crippen LogP contribution in [0, 0.1) is 0 Å². The predicted octanol–water partition coefficient (Wildman–Crippen LogP) is 0.611. The molecule has 1 rings (SSSR count). The Morgan fingerprint density at radius 1 is 1.69 bits per heavy atom. The maximum Gasteiger partial charge on any atom is 0.293 e. The highest BCUT2D eigenvalue weighted by Gasteiger charge is 2.06. The quantitative estimate of drug-likeness (QED) is 0.733. The smallest absolute Gasteiger partial charge is 0.293 e. The minimum Gasteiger partial charge on any atom is -0.354 e. The Bertz CT molecular complexity index is 336. The molecule has 72 valence electrons. The third kappa shape index (κ3) is 2.30. The van der Waals surface area contributed by atoms with Gasteiger partial charge in [0.25, 0.3) is 5.56 Å². The number of rotatable bonds is 3. The summed E-state index contributed by atoms with van der Waals surface area (Å²) in [5.74, 6) is 0.490. The molecule has 5 heteroatoms. The number of hydrogen-bond acceptors (Lipinski definition) is 3. The van der Waals surface area contributed by atoms with Crippen LogP contribution in [0.4, 0.5) is 5.82 Å². The highest BCUT2D eigenvalue weighted by atomic mass is 79.9. The van der Waals surface area contributed by atoms with Gasteiger partial charge in [-0.2, -0.15) is 0 Å². The van der Waals surface area contributed by atoms with Crippen LogP contribution in [0.25, 0.3) is 0 Å². The average Bonchev–Trinajstić information content (AvgIpc) is 2.10. The number of nitrogens with zero attached hydrogens (tertiary/aromatic N) is 3. The first-order chi connectivity index (χ1) is 6.16. The van der Waals surface area contributed by atoms with Gasteiger partial charge in [-0.15, -0.1) is 0 Å². The SMILES string of the molecule is CN(CCBr)c1nccn(C)c1=O. The monoisotopic (exact) mass is 245 g/mol. The first-order valence-corrected chi connectivity index (χ1v) is 5.07. The van der Waals surface area contributed by atoms with Crippen LogP contribution < -0.4 is 10.5 Å². The van der Waals surface area contributed by atoms with E-state index in [-0.39, 0.29) is 5.56 Å². The summed E-state index contributed by atoms with van der Waals surface area (Å²) in [6, 6.07) is 0. The van der Waals surface area contributed by atoms with Crippen LogP contribution in [0.15, 0.2) is 17.2 Å². The van der Waals surface area contributed by atoms with Crippen molar-refractivity contribution in [2.75, 3.05) is 23.8 Å². The van der Waals surface area contributed by atoms with E-state index in [0.717, 1.165) is 11.9 Å². The van der Waals surface area contributed by atoms with Crippen LogP contribution in [0.2, 0.25) is 0 Å².